The third kappa shape index (κ3) is 7.63. The number of rotatable bonds is 7. The van der Waals surface area contributed by atoms with Crippen LogP contribution in [0.15, 0.2) is 46.7 Å². The van der Waals surface area contributed by atoms with Crippen molar-refractivity contribution in [2.24, 2.45) is 16.6 Å². The topological polar surface area (TPSA) is 92.4 Å². The molecule has 242 valence electrons. The van der Waals surface area contributed by atoms with Gasteiger partial charge in [0.05, 0.1) is 12.2 Å². The molecule has 0 aliphatic carbocycles. The van der Waals surface area contributed by atoms with Crippen molar-refractivity contribution in [1.29, 1.82) is 0 Å². The highest BCUT2D eigenvalue weighted by Gasteiger charge is 2.34. The fraction of sp³-hybridized carbons (Fsp3) is 0.625. The number of nitrogens with zero attached hydrogens (tertiary/aromatic N) is 3. The van der Waals surface area contributed by atoms with Crippen LogP contribution in [0.25, 0.3) is 0 Å². The van der Waals surface area contributed by atoms with Crippen molar-refractivity contribution in [3.05, 3.63) is 58.4 Å². The highest BCUT2D eigenvalue weighted by Crippen LogP contribution is 2.34. The Labute approximate surface area is 256 Å². The van der Waals surface area contributed by atoms with Crippen LogP contribution in [0, 0.1) is 5.92 Å². The van der Waals surface area contributed by atoms with Crippen LogP contribution in [-0.2, 0) is 33.4 Å². The van der Waals surface area contributed by atoms with Gasteiger partial charge in [0.25, 0.3) is 5.91 Å². The van der Waals surface area contributed by atoms with E-state index in [0.717, 1.165) is 11.6 Å². The van der Waals surface area contributed by atoms with Crippen LogP contribution in [0.2, 0.25) is 0 Å². The summed E-state index contributed by atoms with van der Waals surface area (Å²) >= 11 is 0. The van der Waals surface area contributed by atoms with Crippen LogP contribution in [-0.4, -0.2) is 85.9 Å². The zero-order chi connectivity index (χ0) is 31.4. The fourth-order valence-electron chi connectivity index (χ4n) is 6.44. The number of aliphatic imine (C=N–C) groups is 1. The van der Waals surface area contributed by atoms with Crippen LogP contribution >= 0.6 is 0 Å². The molecule has 0 radical (unpaired) electrons. The fourth-order valence-corrected chi connectivity index (χ4v) is 6.44. The lowest BCUT2D eigenvalue weighted by Gasteiger charge is -2.37. The Hall–Kier alpha value is -2.96. The maximum absolute atomic E-state index is 14.3. The zero-order valence-corrected chi connectivity index (χ0v) is 25.3. The molecule has 5 rings (SSSR count). The van der Waals surface area contributed by atoms with Gasteiger partial charge in [0.2, 0.25) is 0 Å². The number of halogens is 4. The van der Waals surface area contributed by atoms with Gasteiger partial charge in [-0.3, -0.25) is 4.79 Å². The molecule has 2 atom stereocenters. The molecule has 4 aliphatic heterocycles. The Morgan fingerprint density at radius 3 is 2.41 bits per heavy atom. The minimum atomic E-state index is -4.43. The lowest BCUT2D eigenvalue weighted by Crippen LogP contribution is -2.52. The van der Waals surface area contributed by atoms with Crippen molar-refractivity contribution < 1.29 is 31.8 Å². The number of carbonyl (C=O) groups is 1. The van der Waals surface area contributed by atoms with E-state index in [1.165, 1.54) is 6.07 Å². The summed E-state index contributed by atoms with van der Waals surface area (Å²) in [5, 5.41) is 3.42. The third-order valence-electron chi connectivity index (χ3n) is 9.32. The molecule has 0 spiro atoms. The number of nitrogens with one attached hydrogen (secondary N) is 1. The first-order chi connectivity index (χ1) is 21.0. The Morgan fingerprint density at radius 1 is 1.02 bits per heavy atom. The minimum Gasteiger partial charge on any atom is -0.387 e. The van der Waals surface area contributed by atoms with Gasteiger partial charge in [0.15, 0.2) is 0 Å². The number of ether oxygens (including phenoxy) is 2. The van der Waals surface area contributed by atoms with Gasteiger partial charge in [0.1, 0.15) is 17.7 Å². The van der Waals surface area contributed by atoms with Gasteiger partial charge in [-0.25, -0.2) is 9.38 Å². The largest absolute Gasteiger partial charge is 0.416 e. The molecule has 4 heterocycles. The number of likely N-dealkylation sites (tertiary alicyclic amines) is 1. The summed E-state index contributed by atoms with van der Waals surface area (Å²) in [5.74, 6) is 0.0919. The quantitative estimate of drug-likeness (QED) is 0.155. The monoisotopic (exact) mass is 621 g/mol. The Bertz CT molecular complexity index is 1270. The number of amidine groups is 1. The average Bonchev–Trinajstić information content (AvgIpc) is 3.03. The molecule has 1 amide bonds. The maximum Gasteiger partial charge on any atom is 0.416 e. The van der Waals surface area contributed by atoms with Gasteiger partial charge in [-0.2, -0.15) is 13.2 Å². The van der Waals surface area contributed by atoms with Gasteiger partial charge < -0.3 is 30.3 Å². The number of hydrogen-bond donors (Lipinski definition) is 2. The molecule has 3 N–H and O–H groups in total. The summed E-state index contributed by atoms with van der Waals surface area (Å²) in [6.45, 7) is 9.56. The normalized spacial score (nSPS) is 25.0. The van der Waals surface area contributed by atoms with E-state index in [1.54, 1.807) is 17.9 Å². The molecule has 4 aliphatic rings. The molecule has 0 bridgehead atoms. The van der Waals surface area contributed by atoms with Crippen molar-refractivity contribution in [3.8, 4) is 0 Å². The number of allylic oxidation sites excluding steroid dienone is 1. The van der Waals surface area contributed by atoms with E-state index in [9.17, 15) is 22.4 Å². The minimum absolute atomic E-state index is 0.0154. The second-order valence-electron chi connectivity index (χ2n) is 12.2. The summed E-state index contributed by atoms with van der Waals surface area (Å²) in [5.41, 5.74) is 8.54. The number of hydrogen-bond acceptors (Lipinski definition) is 6. The molecule has 0 aromatic heterocycles. The lowest BCUT2D eigenvalue weighted by atomic mass is 9.96. The number of fused-ring (bicyclic) bond motifs is 1. The van der Waals surface area contributed by atoms with Crippen molar-refractivity contribution >= 4 is 11.7 Å². The summed E-state index contributed by atoms with van der Waals surface area (Å²) in [4.78, 5) is 22.4. The lowest BCUT2D eigenvalue weighted by molar-refractivity contribution is -0.137. The summed E-state index contributed by atoms with van der Waals surface area (Å²) < 4.78 is 65.2. The average molecular weight is 622 g/mol. The van der Waals surface area contributed by atoms with Crippen LogP contribution < -0.4 is 11.1 Å². The molecule has 1 aromatic carbocycles. The summed E-state index contributed by atoms with van der Waals surface area (Å²) in [6, 6.07) is 3.71. The molecular weight excluding hydrogens is 578 g/mol. The third-order valence-corrected chi connectivity index (χ3v) is 9.32. The number of benzene rings is 1. The smallest absolute Gasteiger partial charge is 0.387 e. The molecule has 12 heteroatoms. The SMILES string of the molecule is C=C(/C(C)=C(\N=C(/N)C1CCOCC1)C(=O)N1CCC(N[C@H]2CCOC[C@H]2F)CC1)N1CCc2ccc(C(F)(F)F)cc2C1. The van der Waals surface area contributed by atoms with Crippen LogP contribution in [0.5, 0.6) is 0 Å². The molecule has 44 heavy (non-hydrogen) atoms. The second-order valence-corrected chi connectivity index (χ2v) is 12.2. The number of nitrogens with two attached hydrogens (primary N) is 1. The predicted molar refractivity (Wildman–Crippen MR) is 159 cm³/mol. The van der Waals surface area contributed by atoms with E-state index in [4.69, 9.17) is 20.2 Å². The predicted octanol–water partition coefficient (Wildman–Crippen LogP) is 4.34. The molecule has 3 fully saturated rings. The van der Waals surface area contributed by atoms with E-state index >= 15 is 0 Å². The van der Waals surface area contributed by atoms with Crippen molar-refractivity contribution in [2.75, 3.05) is 46.1 Å². The summed E-state index contributed by atoms with van der Waals surface area (Å²) in [7, 11) is 0. The van der Waals surface area contributed by atoms with Crippen molar-refractivity contribution in [1.82, 2.24) is 15.1 Å². The molecule has 3 saturated heterocycles. The van der Waals surface area contributed by atoms with E-state index in [0.29, 0.717) is 101 Å². The Morgan fingerprint density at radius 2 is 1.73 bits per heavy atom. The van der Waals surface area contributed by atoms with Crippen LogP contribution in [0.3, 0.4) is 0 Å². The zero-order valence-electron chi connectivity index (χ0n) is 25.3. The van der Waals surface area contributed by atoms with Gasteiger partial charge in [0, 0.05) is 75.3 Å². The number of piperidine rings is 1. The molecule has 0 saturated carbocycles. The highest BCUT2D eigenvalue weighted by molar-refractivity contribution is 5.98. The van der Waals surface area contributed by atoms with Gasteiger partial charge in [-0.15, -0.1) is 0 Å². The maximum atomic E-state index is 14.3. The first-order valence-corrected chi connectivity index (χ1v) is 15.5. The van der Waals surface area contributed by atoms with Crippen molar-refractivity contribution in [3.63, 3.8) is 0 Å². The van der Waals surface area contributed by atoms with Gasteiger partial charge in [-0.05, 0) is 68.7 Å². The number of amides is 1. The van der Waals surface area contributed by atoms with E-state index in [-0.39, 0.29) is 42.8 Å². The van der Waals surface area contributed by atoms with Gasteiger partial charge in [-0.1, -0.05) is 12.6 Å². The second kappa shape index (κ2) is 14.0. The van der Waals surface area contributed by atoms with Crippen LogP contribution in [0.1, 0.15) is 55.7 Å². The first-order valence-electron chi connectivity index (χ1n) is 15.5. The van der Waals surface area contributed by atoms with E-state index < -0.39 is 17.9 Å². The Kier molecular flexibility index (Phi) is 10.3. The number of alkyl halides is 4. The Balaban J connectivity index is 1.34. The standard InChI is InChI=1S/C32H43F4N5O3/c1-20(21(2)41-11-5-22-3-4-25(32(34,35)36)17-24(22)18-41)29(39-30(37)23-8-14-43-15-9-23)31(42)40-12-6-26(7-13-40)38-28-10-16-44-19-27(28)33/h3-4,17,23,26-28,38H,2,5-16,18-19H2,1H3,(H2,37,39)/b29-20-/t27-,28+/m1/s1. The molecular formula is C32H43F4N5O3. The van der Waals surface area contributed by atoms with E-state index in [2.05, 4.69) is 11.9 Å². The van der Waals surface area contributed by atoms with Crippen molar-refractivity contribution in [2.45, 2.75) is 76.4 Å². The van der Waals surface area contributed by atoms with E-state index in [1.807, 2.05) is 4.90 Å². The number of carbonyl (C=O) groups excluding carboxylic acids is 1. The van der Waals surface area contributed by atoms with Crippen LogP contribution in [0.4, 0.5) is 17.6 Å². The van der Waals surface area contributed by atoms with Gasteiger partial charge >= 0.3 is 6.18 Å². The molecule has 1 aromatic rings. The first kappa shape index (κ1) is 32.4. The summed E-state index contributed by atoms with van der Waals surface area (Å²) in [6.07, 6.45) is -1.53. The molecule has 8 nitrogen and oxygen atoms in total. The molecule has 0 unspecified atom stereocenters. The highest BCUT2D eigenvalue weighted by atomic mass is 19.4.